The molecule has 3 rings (SSSR count). The minimum atomic E-state index is -0.376. The van der Waals surface area contributed by atoms with Crippen LogP contribution in [0.3, 0.4) is 0 Å². The number of hydrogen-bond donors (Lipinski definition) is 1. The van der Waals surface area contributed by atoms with E-state index >= 15 is 0 Å². The normalized spacial score (nSPS) is 10.8. The molecule has 0 saturated heterocycles. The van der Waals surface area contributed by atoms with Gasteiger partial charge in [-0.05, 0) is 71.0 Å². The summed E-state index contributed by atoms with van der Waals surface area (Å²) in [7, 11) is 3.10. The number of amides is 1. The molecule has 0 unspecified atom stereocenters. The van der Waals surface area contributed by atoms with Crippen LogP contribution < -0.4 is 19.6 Å². The summed E-state index contributed by atoms with van der Waals surface area (Å²) in [6.07, 6.45) is 1.55. The SMILES string of the molecule is COc1ccc(Br)cc1C(=O)N/N=C\c1cc(I)c(OCc2ccc(C)cc2)c(OC)c1. The molecule has 0 aliphatic rings. The fourth-order valence-electron chi connectivity index (χ4n) is 2.88. The first-order chi connectivity index (χ1) is 15.4. The first-order valence-corrected chi connectivity index (χ1v) is 11.5. The van der Waals surface area contributed by atoms with E-state index in [9.17, 15) is 4.79 Å². The minimum Gasteiger partial charge on any atom is -0.496 e. The molecule has 0 bridgehead atoms. The van der Waals surface area contributed by atoms with Gasteiger partial charge in [-0.1, -0.05) is 45.8 Å². The lowest BCUT2D eigenvalue weighted by Crippen LogP contribution is -2.18. The van der Waals surface area contributed by atoms with Crippen LogP contribution in [0.4, 0.5) is 0 Å². The van der Waals surface area contributed by atoms with Gasteiger partial charge in [-0.3, -0.25) is 4.79 Å². The predicted octanol–water partition coefficient (Wildman–Crippen LogP) is 5.72. The first-order valence-electron chi connectivity index (χ1n) is 9.64. The number of hydrazone groups is 1. The van der Waals surface area contributed by atoms with E-state index < -0.39 is 0 Å². The minimum absolute atomic E-state index is 0.376. The molecule has 1 amide bonds. The average Bonchev–Trinajstić information content (AvgIpc) is 2.79. The highest BCUT2D eigenvalue weighted by Gasteiger charge is 2.13. The summed E-state index contributed by atoms with van der Waals surface area (Å²) in [5, 5.41) is 4.08. The topological polar surface area (TPSA) is 69.2 Å². The summed E-state index contributed by atoms with van der Waals surface area (Å²) in [6, 6.07) is 17.1. The van der Waals surface area contributed by atoms with Gasteiger partial charge >= 0.3 is 0 Å². The molecule has 0 saturated carbocycles. The van der Waals surface area contributed by atoms with Crippen molar-refractivity contribution in [3.05, 3.63) is 84.9 Å². The fraction of sp³-hybridized carbons (Fsp3) is 0.167. The highest BCUT2D eigenvalue weighted by molar-refractivity contribution is 14.1. The van der Waals surface area contributed by atoms with Gasteiger partial charge in [0.1, 0.15) is 12.4 Å². The fourth-order valence-corrected chi connectivity index (χ4v) is 4.02. The second-order valence-corrected chi connectivity index (χ2v) is 8.93. The Morgan fingerprint density at radius 3 is 2.47 bits per heavy atom. The van der Waals surface area contributed by atoms with Crippen LogP contribution in [0.5, 0.6) is 17.2 Å². The third-order valence-corrected chi connectivity index (χ3v) is 5.84. The summed E-state index contributed by atoms with van der Waals surface area (Å²) in [4.78, 5) is 12.5. The van der Waals surface area contributed by atoms with E-state index in [4.69, 9.17) is 14.2 Å². The Kier molecular flexibility index (Phi) is 8.52. The monoisotopic (exact) mass is 608 g/mol. The smallest absolute Gasteiger partial charge is 0.275 e. The Balaban J connectivity index is 1.71. The molecular formula is C24H22BrIN2O4. The number of nitrogens with zero attached hydrogens (tertiary/aromatic N) is 1. The van der Waals surface area contributed by atoms with Gasteiger partial charge in [0, 0.05) is 4.47 Å². The Morgan fingerprint density at radius 2 is 1.78 bits per heavy atom. The third-order valence-electron chi connectivity index (χ3n) is 4.54. The average molecular weight is 609 g/mol. The largest absolute Gasteiger partial charge is 0.496 e. The highest BCUT2D eigenvalue weighted by atomic mass is 127. The first kappa shape index (κ1) is 24.1. The Bertz CT molecular complexity index is 1130. The molecule has 0 fully saturated rings. The van der Waals surface area contributed by atoms with Gasteiger partial charge in [-0.15, -0.1) is 0 Å². The van der Waals surface area contributed by atoms with Crippen LogP contribution in [-0.4, -0.2) is 26.3 Å². The molecule has 3 aromatic rings. The molecular weight excluding hydrogens is 587 g/mol. The Morgan fingerprint density at radius 1 is 1.06 bits per heavy atom. The van der Waals surface area contributed by atoms with Gasteiger partial charge in [0.25, 0.3) is 5.91 Å². The van der Waals surface area contributed by atoms with Crippen LogP contribution in [0, 0.1) is 10.5 Å². The van der Waals surface area contributed by atoms with Gasteiger partial charge in [-0.25, -0.2) is 5.43 Å². The molecule has 1 N–H and O–H groups in total. The number of carbonyl (C=O) groups is 1. The number of benzene rings is 3. The lowest BCUT2D eigenvalue weighted by atomic mass is 10.2. The van der Waals surface area contributed by atoms with Gasteiger partial charge in [0.15, 0.2) is 11.5 Å². The number of halogens is 2. The van der Waals surface area contributed by atoms with Crippen LogP contribution in [0.25, 0.3) is 0 Å². The zero-order chi connectivity index (χ0) is 23.1. The van der Waals surface area contributed by atoms with Crippen molar-refractivity contribution in [2.45, 2.75) is 13.5 Å². The third kappa shape index (κ3) is 6.23. The molecule has 0 aliphatic heterocycles. The maximum absolute atomic E-state index is 12.5. The molecule has 0 aromatic heterocycles. The number of ether oxygens (including phenoxy) is 3. The Labute approximate surface area is 209 Å². The van der Waals surface area contributed by atoms with E-state index in [1.54, 1.807) is 31.5 Å². The van der Waals surface area contributed by atoms with Crippen molar-refractivity contribution in [2.75, 3.05) is 14.2 Å². The maximum Gasteiger partial charge on any atom is 0.275 e. The lowest BCUT2D eigenvalue weighted by Gasteiger charge is -2.13. The molecule has 0 atom stereocenters. The Hall–Kier alpha value is -2.59. The van der Waals surface area contributed by atoms with Gasteiger partial charge < -0.3 is 14.2 Å². The molecule has 3 aromatic carbocycles. The van der Waals surface area contributed by atoms with Crippen molar-refractivity contribution >= 4 is 50.6 Å². The van der Waals surface area contributed by atoms with Crippen molar-refractivity contribution in [1.82, 2.24) is 5.43 Å². The van der Waals surface area contributed by atoms with Crippen molar-refractivity contribution in [3.63, 3.8) is 0 Å². The molecule has 8 heteroatoms. The summed E-state index contributed by atoms with van der Waals surface area (Å²) in [5.74, 6) is 1.34. The maximum atomic E-state index is 12.5. The quantitative estimate of drug-likeness (QED) is 0.202. The number of nitrogens with one attached hydrogen (secondary N) is 1. The van der Waals surface area contributed by atoms with E-state index in [2.05, 4.69) is 68.1 Å². The highest BCUT2D eigenvalue weighted by Crippen LogP contribution is 2.34. The van der Waals surface area contributed by atoms with Gasteiger partial charge in [0.05, 0.1) is 29.6 Å². The lowest BCUT2D eigenvalue weighted by molar-refractivity contribution is 0.0952. The molecule has 0 aliphatic carbocycles. The van der Waals surface area contributed by atoms with Crippen molar-refractivity contribution < 1.29 is 19.0 Å². The summed E-state index contributed by atoms with van der Waals surface area (Å²) < 4.78 is 18.4. The van der Waals surface area contributed by atoms with Gasteiger partial charge in [0.2, 0.25) is 0 Å². The van der Waals surface area contributed by atoms with Crippen molar-refractivity contribution in [2.24, 2.45) is 5.10 Å². The zero-order valence-electron chi connectivity index (χ0n) is 17.8. The molecule has 166 valence electrons. The van der Waals surface area contributed by atoms with E-state index in [1.807, 2.05) is 24.3 Å². The molecule has 0 spiro atoms. The second-order valence-electron chi connectivity index (χ2n) is 6.85. The summed E-state index contributed by atoms with van der Waals surface area (Å²) in [6.45, 7) is 2.49. The zero-order valence-corrected chi connectivity index (χ0v) is 21.6. The molecule has 6 nitrogen and oxygen atoms in total. The number of hydrogen-bond acceptors (Lipinski definition) is 5. The van der Waals surface area contributed by atoms with Crippen LogP contribution in [0.2, 0.25) is 0 Å². The predicted molar refractivity (Wildman–Crippen MR) is 137 cm³/mol. The summed E-state index contributed by atoms with van der Waals surface area (Å²) in [5.41, 5.74) is 5.95. The van der Waals surface area contributed by atoms with E-state index in [0.717, 1.165) is 19.2 Å². The number of rotatable bonds is 8. The molecule has 0 heterocycles. The standard InChI is InChI=1S/C24H22BrIN2O4/c1-15-4-6-16(7-5-15)14-32-23-20(26)10-17(11-22(23)31-3)13-27-28-24(29)19-12-18(25)8-9-21(19)30-2/h4-13H,14H2,1-3H3,(H,28,29)/b27-13-. The van der Waals surface area contributed by atoms with Crippen LogP contribution in [-0.2, 0) is 6.61 Å². The molecule has 0 radical (unpaired) electrons. The number of carbonyl (C=O) groups excluding carboxylic acids is 1. The van der Waals surface area contributed by atoms with E-state index in [0.29, 0.717) is 29.4 Å². The van der Waals surface area contributed by atoms with Crippen LogP contribution in [0.15, 0.2) is 64.2 Å². The van der Waals surface area contributed by atoms with E-state index in [-0.39, 0.29) is 5.91 Å². The van der Waals surface area contributed by atoms with Gasteiger partial charge in [-0.2, -0.15) is 5.10 Å². The van der Waals surface area contributed by atoms with E-state index in [1.165, 1.54) is 12.7 Å². The van der Waals surface area contributed by atoms with Crippen LogP contribution in [0.1, 0.15) is 27.0 Å². The summed E-state index contributed by atoms with van der Waals surface area (Å²) >= 11 is 5.55. The number of methoxy groups -OCH3 is 2. The number of aryl methyl sites for hydroxylation is 1. The van der Waals surface area contributed by atoms with Crippen molar-refractivity contribution in [3.8, 4) is 17.2 Å². The van der Waals surface area contributed by atoms with Crippen LogP contribution >= 0.6 is 38.5 Å². The van der Waals surface area contributed by atoms with Crippen molar-refractivity contribution in [1.29, 1.82) is 0 Å². The second kappa shape index (κ2) is 11.3. The molecule has 32 heavy (non-hydrogen) atoms.